The Morgan fingerprint density at radius 1 is 1.15 bits per heavy atom. The van der Waals surface area contributed by atoms with Crippen molar-refractivity contribution in [3.05, 3.63) is 59.4 Å². The summed E-state index contributed by atoms with van der Waals surface area (Å²) >= 11 is 5.99. The molecule has 3 atom stereocenters. The van der Waals surface area contributed by atoms with Crippen LogP contribution in [0.1, 0.15) is 45.9 Å². The van der Waals surface area contributed by atoms with Crippen LogP contribution >= 0.6 is 11.6 Å². The van der Waals surface area contributed by atoms with Crippen molar-refractivity contribution in [2.24, 2.45) is 24.8 Å². The van der Waals surface area contributed by atoms with Gasteiger partial charge < -0.3 is 9.47 Å². The summed E-state index contributed by atoms with van der Waals surface area (Å²) in [5.74, 6) is 2.97. The zero-order chi connectivity index (χ0) is 23.5. The molecule has 0 spiro atoms. The second-order valence-corrected chi connectivity index (χ2v) is 10.1. The van der Waals surface area contributed by atoms with Crippen molar-refractivity contribution in [3.8, 4) is 5.75 Å². The molecule has 1 aliphatic carbocycles. The third kappa shape index (κ3) is 5.35. The van der Waals surface area contributed by atoms with Crippen LogP contribution in [0.3, 0.4) is 0 Å². The van der Waals surface area contributed by atoms with Gasteiger partial charge in [-0.15, -0.1) is 0 Å². The number of aromatic nitrogens is 2. The van der Waals surface area contributed by atoms with E-state index in [9.17, 15) is 4.79 Å². The second kappa shape index (κ2) is 10.2. The molecule has 6 heteroatoms. The van der Waals surface area contributed by atoms with Gasteiger partial charge in [0.1, 0.15) is 11.9 Å². The number of hydrogen-bond acceptors (Lipinski definition) is 3. The molecule has 3 aromatic rings. The number of hydrogen-bond donors (Lipinski definition) is 0. The van der Waals surface area contributed by atoms with Crippen molar-refractivity contribution in [1.82, 2.24) is 4.57 Å². The standard InChI is InChI=1S/C27H34ClN2O3/c1-18(2)22-14-9-19(3)15-25(22)33-27(31)16-30-24-8-6-5-7-23(24)29(4)26(30)17-32-21-12-10-20(28)11-13-21/h5-8,10-13,18-19,22,25H,9,14-17H2,1-4H3/q+1/t19-,22-,25+/m0/s1. The van der Waals surface area contributed by atoms with E-state index in [0.29, 0.717) is 29.4 Å². The monoisotopic (exact) mass is 469 g/mol. The van der Waals surface area contributed by atoms with Gasteiger partial charge in [-0.3, -0.25) is 0 Å². The van der Waals surface area contributed by atoms with Crippen molar-refractivity contribution >= 4 is 28.6 Å². The highest BCUT2D eigenvalue weighted by Gasteiger charge is 2.34. The zero-order valence-corrected chi connectivity index (χ0v) is 20.7. The smallest absolute Gasteiger partial charge is 0.348 e. The predicted molar refractivity (Wildman–Crippen MR) is 130 cm³/mol. The van der Waals surface area contributed by atoms with Gasteiger partial charge in [-0.25, -0.2) is 13.9 Å². The van der Waals surface area contributed by atoms with E-state index in [4.69, 9.17) is 21.1 Å². The largest absolute Gasteiger partial charge is 0.481 e. The maximum absolute atomic E-state index is 13.2. The van der Waals surface area contributed by atoms with Crippen molar-refractivity contribution in [2.75, 3.05) is 0 Å². The van der Waals surface area contributed by atoms with E-state index in [2.05, 4.69) is 31.4 Å². The van der Waals surface area contributed by atoms with Crippen LogP contribution in [0, 0.1) is 17.8 Å². The van der Waals surface area contributed by atoms with E-state index < -0.39 is 0 Å². The van der Waals surface area contributed by atoms with Gasteiger partial charge in [-0.1, -0.05) is 50.9 Å². The number of rotatable bonds is 7. The van der Waals surface area contributed by atoms with E-state index in [1.54, 1.807) is 12.1 Å². The lowest BCUT2D eigenvalue weighted by atomic mass is 9.75. The molecule has 2 aromatic carbocycles. The molecule has 1 fully saturated rings. The Hall–Kier alpha value is -2.53. The van der Waals surface area contributed by atoms with Gasteiger partial charge in [0.05, 0.1) is 7.05 Å². The summed E-state index contributed by atoms with van der Waals surface area (Å²) in [6, 6.07) is 15.4. The third-order valence-corrected chi connectivity index (χ3v) is 7.20. The fourth-order valence-corrected chi connectivity index (χ4v) is 5.18. The lowest BCUT2D eigenvalue weighted by Gasteiger charge is -2.36. The summed E-state index contributed by atoms with van der Waals surface area (Å²) in [5, 5.41) is 0.668. The fourth-order valence-electron chi connectivity index (χ4n) is 5.05. The quantitative estimate of drug-likeness (QED) is 0.329. The lowest BCUT2D eigenvalue weighted by molar-refractivity contribution is -0.655. The first-order chi connectivity index (χ1) is 15.8. The van der Waals surface area contributed by atoms with Crippen LogP contribution in [0.2, 0.25) is 5.02 Å². The first kappa shape index (κ1) is 23.6. The number of halogens is 1. The highest BCUT2D eigenvalue weighted by Crippen LogP contribution is 2.35. The molecule has 0 aliphatic heterocycles. The number of para-hydroxylation sites is 2. The Morgan fingerprint density at radius 3 is 2.61 bits per heavy atom. The van der Waals surface area contributed by atoms with Gasteiger partial charge >= 0.3 is 5.97 Å². The summed E-state index contributed by atoms with van der Waals surface area (Å²) in [6.45, 7) is 7.20. The first-order valence-electron chi connectivity index (χ1n) is 11.9. The molecule has 4 rings (SSSR count). The Balaban J connectivity index is 1.56. The number of benzene rings is 2. The Bertz CT molecular complexity index is 1110. The van der Waals surface area contributed by atoms with E-state index in [0.717, 1.165) is 35.4 Å². The summed E-state index contributed by atoms with van der Waals surface area (Å²) < 4.78 is 16.2. The van der Waals surface area contributed by atoms with Gasteiger partial charge in [0.25, 0.3) is 5.82 Å². The number of esters is 1. The van der Waals surface area contributed by atoms with Gasteiger partial charge in [0.2, 0.25) is 0 Å². The summed E-state index contributed by atoms with van der Waals surface area (Å²) in [6.07, 6.45) is 3.27. The van der Waals surface area contributed by atoms with Crippen LogP contribution in [0.15, 0.2) is 48.5 Å². The normalized spacial score (nSPS) is 20.8. The lowest BCUT2D eigenvalue weighted by Crippen LogP contribution is -2.37. The zero-order valence-electron chi connectivity index (χ0n) is 20.0. The molecule has 5 nitrogen and oxygen atoms in total. The van der Waals surface area contributed by atoms with Crippen LogP contribution in [0.25, 0.3) is 11.0 Å². The summed E-state index contributed by atoms with van der Waals surface area (Å²) in [7, 11) is 2.00. The average molecular weight is 470 g/mol. The van der Waals surface area contributed by atoms with Crippen molar-refractivity contribution in [3.63, 3.8) is 0 Å². The van der Waals surface area contributed by atoms with E-state index in [1.807, 2.05) is 41.9 Å². The molecule has 0 N–H and O–H groups in total. The van der Waals surface area contributed by atoms with Gasteiger partial charge in [-0.2, -0.15) is 0 Å². The number of fused-ring (bicyclic) bond motifs is 1. The molecular weight excluding hydrogens is 436 g/mol. The van der Waals surface area contributed by atoms with E-state index >= 15 is 0 Å². The van der Waals surface area contributed by atoms with Crippen molar-refractivity contribution in [1.29, 1.82) is 0 Å². The SMILES string of the molecule is CC(C)[C@@H]1CC[C@H](C)C[C@H]1OC(=O)Cn1c(COc2ccc(Cl)cc2)[n+](C)c2ccccc21. The molecule has 1 aromatic heterocycles. The highest BCUT2D eigenvalue weighted by atomic mass is 35.5. The van der Waals surface area contributed by atoms with E-state index in [1.165, 1.54) is 6.42 Å². The molecule has 1 aliphatic rings. The minimum Gasteiger partial charge on any atom is -0.481 e. The third-order valence-electron chi connectivity index (χ3n) is 6.95. The van der Waals surface area contributed by atoms with Gasteiger partial charge in [-0.05, 0) is 67.0 Å². The Morgan fingerprint density at radius 2 is 1.88 bits per heavy atom. The second-order valence-electron chi connectivity index (χ2n) is 9.65. The van der Waals surface area contributed by atoms with Crippen LogP contribution in [0.5, 0.6) is 5.75 Å². The number of carbonyl (C=O) groups is 1. The fraction of sp³-hybridized carbons (Fsp3) is 0.481. The molecule has 0 bridgehead atoms. The van der Waals surface area contributed by atoms with Crippen LogP contribution < -0.4 is 9.30 Å². The number of imidazole rings is 1. The minimum atomic E-state index is -0.186. The molecule has 0 saturated heterocycles. The maximum atomic E-state index is 13.2. The van der Waals surface area contributed by atoms with Crippen LogP contribution in [0.4, 0.5) is 0 Å². The average Bonchev–Trinajstić information content (AvgIpc) is 3.04. The summed E-state index contributed by atoms with van der Waals surface area (Å²) in [4.78, 5) is 13.2. The summed E-state index contributed by atoms with van der Waals surface area (Å²) in [5.41, 5.74) is 2.04. The molecule has 1 saturated carbocycles. The number of ether oxygens (including phenoxy) is 2. The number of aryl methyl sites for hydroxylation is 1. The number of nitrogens with zero attached hydrogens (tertiary/aromatic N) is 2. The van der Waals surface area contributed by atoms with Crippen LogP contribution in [-0.4, -0.2) is 16.6 Å². The number of carbonyl (C=O) groups excluding carboxylic acids is 1. The van der Waals surface area contributed by atoms with Gasteiger partial charge in [0, 0.05) is 5.02 Å². The Kier molecular flexibility index (Phi) is 7.28. The molecule has 176 valence electrons. The highest BCUT2D eigenvalue weighted by molar-refractivity contribution is 6.30. The maximum Gasteiger partial charge on any atom is 0.348 e. The molecule has 0 radical (unpaired) electrons. The molecular formula is C27H34ClN2O3+. The Labute approximate surface area is 201 Å². The first-order valence-corrected chi connectivity index (χ1v) is 12.2. The van der Waals surface area contributed by atoms with E-state index in [-0.39, 0.29) is 18.6 Å². The van der Waals surface area contributed by atoms with Gasteiger partial charge in [0.15, 0.2) is 24.2 Å². The van der Waals surface area contributed by atoms with Crippen LogP contribution in [-0.2, 0) is 29.7 Å². The molecule has 0 unspecified atom stereocenters. The van der Waals surface area contributed by atoms with Crippen molar-refractivity contribution < 1.29 is 18.8 Å². The molecule has 1 heterocycles. The molecule has 0 amide bonds. The van der Waals surface area contributed by atoms with Crippen molar-refractivity contribution in [2.45, 2.75) is 59.3 Å². The molecule has 33 heavy (non-hydrogen) atoms. The minimum absolute atomic E-state index is 0.00871. The predicted octanol–water partition coefficient (Wildman–Crippen LogP) is 5.70. The topological polar surface area (TPSA) is 44.3 Å².